The minimum atomic E-state index is -3.79. The van der Waals surface area contributed by atoms with Gasteiger partial charge in [0.05, 0.1) is 11.4 Å². The monoisotopic (exact) mass is 407 g/mol. The van der Waals surface area contributed by atoms with E-state index in [1.54, 1.807) is 18.2 Å². The number of sulfonamides is 1. The Hall–Kier alpha value is -2.49. The van der Waals surface area contributed by atoms with E-state index in [9.17, 15) is 18.0 Å². The summed E-state index contributed by atoms with van der Waals surface area (Å²) in [5.74, 6) is -1.17. The summed E-state index contributed by atoms with van der Waals surface area (Å²) in [5.41, 5.74) is 5.35. The van der Waals surface area contributed by atoms with Crippen molar-refractivity contribution < 1.29 is 18.0 Å². The predicted octanol–water partition coefficient (Wildman–Crippen LogP) is 1.85. The van der Waals surface area contributed by atoms with Crippen LogP contribution in [0.25, 0.3) is 6.08 Å². The fraction of sp³-hybridized carbons (Fsp3) is 0.222. The molecule has 1 aromatic carbocycles. The summed E-state index contributed by atoms with van der Waals surface area (Å²) in [6, 6.07) is 10.2. The summed E-state index contributed by atoms with van der Waals surface area (Å²) in [5, 5.41) is 0. The van der Waals surface area contributed by atoms with Crippen LogP contribution in [0.3, 0.4) is 0 Å². The van der Waals surface area contributed by atoms with Crippen molar-refractivity contribution in [1.82, 2.24) is 15.2 Å². The Morgan fingerprint density at radius 3 is 2.33 bits per heavy atom. The van der Waals surface area contributed by atoms with Crippen LogP contribution in [-0.4, -0.2) is 38.1 Å². The molecule has 0 atom stereocenters. The van der Waals surface area contributed by atoms with Gasteiger partial charge in [-0.1, -0.05) is 17.7 Å². The van der Waals surface area contributed by atoms with Gasteiger partial charge in [-0.3, -0.25) is 20.4 Å². The average Bonchev–Trinajstić information content (AvgIpc) is 3.04. The van der Waals surface area contributed by atoms with Crippen molar-refractivity contribution in [3.63, 3.8) is 0 Å². The molecule has 2 amide bonds. The summed E-state index contributed by atoms with van der Waals surface area (Å²) in [4.78, 5) is 25.8. The number of thiophene rings is 1. The number of nitrogens with zero attached hydrogens (tertiary/aromatic N) is 1. The maximum Gasteiger partial charge on any atom is 0.262 e. The molecule has 0 radical (unpaired) electrons. The van der Waals surface area contributed by atoms with Gasteiger partial charge in [-0.25, -0.2) is 8.42 Å². The van der Waals surface area contributed by atoms with Crippen molar-refractivity contribution in [3.8, 4) is 0 Å². The normalized spacial score (nSPS) is 11.7. The number of amides is 2. The quantitative estimate of drug-likeness (QED) is 0.564. The first-order valence-electron chi connectivity index (χ1n) is 8.05. The van der Waals surface area contributed by atoms with E-state index in [4.69, 9.17) is 0 Å². The first kappa shape index (κ1) is 20.8. The van der Waals surface area contributed by atoms with Crippen molar-refractivity contribution in [1.29, 1.82) is 0 Å². The molecular weight excluding hydrogens is 386 g/mol. The Kier molecular flexibility index (Phi) is 6.89. The Labute approximate surface area is 162 Å². The number of hydrogen-bond acceptors (Lipinski definition) is 5. The van der Waals surface area contributed by atoms with E-state index in [0.29, 0.717) is 0 Å². The third-order valence-electron chi connectivity index (χ3n) is 3.58. The van der Waals surface area contributed by atoms with Gasteiger partial charge in [-0.05, 0) is 44.2 Å². The molecule has 0 fully saturated rings. The van der Waals surface area contributed by atoms with E-state index in [0.717, 1.165) is 19.6 Å². The van der Waals surface area contributed by atoms with Crippen LogP contribution in [0.2, 0.25) is 0 Å². The highest BCUT2D eigenvalue weighted by Gasteiger charge is 2.22. The SMILES string of the molecule is Cc1ccc(S(=O)(=O)N(C)CC(=O)NNC(=O)/C=C/c2ccc(C)s2)cc1. The first-order valence-corrected chi connectivity index (χ1v) is 10.3. The second kappa shape index (κ2) is 8.94. The van der Waals surface area contributed by atoms with Crippen LogP contribution in [0.15, 0.2) is 47.4 Å². The Bertz CT molecular complexity index is 947. The lowest BCUT2D eigenvalue weighted by Gasteiger charge is -2.17. The van der Waals surface area contributed by atoms with Gasteiger partial charge >= 0.3 is 0 Å². The van der Waals surface area contributed by atoms with E-state index in [1.165, 1.54) is 36.6 Å². The van der Waals surface area contributed by atoms with E-state index >= 15 is 0 Å². The smallest absolute Gasteiger partial charge is 0.262 e. The molecule has 1 heterocycles. The summed E-state index contributed by atoms with van der Waals surface area (Å²) in [6.07, 6.45) is 2.92. The van der Waals surface area contributed by atoms with E-state index in [2.05, 4.69) is 10.9 Å². The van der Waals surface area contributed by atoms with Crippen molar-refractivity contribution in [3.05, 3.63) is 57.8 Å². The number of carbonyl (C=O) groups excluding carboxylic acids is 2. The van der Waals surface area contributed by atoms with Gasteiger partial charge in [0.15, 0.2) is 0 Å². The number of hydrazine groups is 1. The molecule has 27 heavy (non-hydrogen) atoms. The molecule has 0 bridgehead atoms. The number of benzene rings is 1. The van der Waals surface area contributed by atoms with Crippen molar-refractivity contribution >= 4 is 39.3 Å². The highest BCUT2D eigenvalue weighted by Crippen LogP contribution is 2.16. The second-order valence-electron chi connectivity index (χ2n) is 5.89. The number of carbonyl (C=O) groups is 2. The van der Waals surface area contributed by atoms with E-state index < -0.39 is 28.4 Å². The van der Waals surface area contributed by atoms with Crippen LogP contribution in [-0.2, 0) is 19.6 Å². The molecule has 1 aromatic heterocycles. The molecule has 0 aliphatic rings. The standard InChI is InChI=1S/C18H21N3O4S2/c1-13-4-9-16(10-5-13)27(24,25)21(3)12-18(23)20-19-17(22)11-8-15-7-6-14(2)26-15/h4-11H,12H2,1-3H3,(H,19,22)(H,20,23)/b11-8+. The molecule has 7 nitrogen and oxygen atoms in total. The van der Waals surface area contributed by atoms with Gasteiger partial charge in [-0.15, -0.1) is 11.3 Å². The molecule has 0 saturated carbocycles. The zero-order valence-electron chi connectivity index (χ0n) is 15.2. The average molecular weight is 408 g/mol. The van der Waals surface area contributed by atoms with Crippen LogP contribution >= 0.6 is 11.3 Å². The number of likely N-dealkylation sites (N-methyl/N-ethyl adjacent to an activating group) is 1. The van der Waals surface area contributed by atoms with Crippen LogP contribution < -0.4 is 10.9 Å². The third kappa shape index (κ3) is 6.02. The third-order valence-corrected chi connectivity index (χ3v) is 6.36. The lowest BCUT2D eigenvalue weighted by Crippen LogP contribution is -2.46. The molecule has 0 saturated heterocycles. The Morgan fingerprint density at radius 2 is 1.74 bits per heavy atom. The molecule has 2 N–H and O–H groups in total. The van der Waals surface area contributed by atoms with Crippen molar-refractivity contribution in [2.75, 3.05) is 13.6 Å². The predicted molar refractivity (Wildman–Crippen MR) is 105 cm³/mol. The topological polar surface area (TPSA) is 95.6 Å². The summed E-state index contributed by atoms with van der Waals surface area (Å²) < 4.78 is 25.8. The summed E-state index contributed by atoms with van der Waals surface area (Å²) >= 11 is 1.54. The minimum absolute atomic E-state index is 0.0987. The van der Waals surface area contributed by atoms with Crippen molar-refractivity contribution in [2.24, 2.45) is 0 Å². The molecular formula is C18H21N3O4S2. The van der Waals surface area contributed by atoms with Crippen LogP contribution in [0.5, 0.6) is 0 Å². The zero-order valence-corrected chi connectivity index (χ0v) is 16.9. The Morgan fingerprint density at radius 1 is 1.07 bits per heavy atom. The molecule has 0 aliphatic heterocycles. The molecule has 0 spiro atoms. The van der Waals surface area contributed by atoms with Gasteiger partial charge in [-0.2, -0.15) is 4.31 Å². The maximum atomic E-state index is 12.4. The largest absolute Gasteiger partial charge is 0.272 e. The minimum Gasteiger partial charge on any atom is -0.272 e. The first-order chi connectivity index (χ1) is 12.7. The summed E-state index contributed by atoms with van der Waals surface area (Å²) in [6.45, 7) is 3.39. The Balaban J connectivity index is 1.86. The highest BCUT2D eigenvalue weighted by atomic mass is 32.2. The van der Waals surface area contributed by atoms with Crippen LogP contribution in [0, 0.1) is 13.8 Å². The fourth-order valence-electron chi connectivity index (χ4n) is 2.09. The molecule has 2 aromatic rings. The van der Waals surface area contributed by atoms with Gasteiger partial charge < -0.3 is 0 Å². The zero-order chi connectivity index (χ0) is 20.0. The summed E-state index contributed by atoms with van der Waals surface area (Å²) in [7, 11) is -2.48. The highest BCUT2D eigenvalue weighted by molar-refractivity contribution is 7.89. The van der Waals surface area contributed by atoms with Crippen LogP contribution in [0.1, 0.15) is 15.3 Å². The van der Waals surface area contributed by atoms with Gasteiger partial charge in [0.25, 0.3) is 11.8 Å². The van der Waals surface area contributed by atoms with Gasteiger partial charge in [0, 0.05) is 22.9 Å². The molecule has 2 rings (SSSR count). The van der Waals surface area contributed by atoms with Crippen molar-refractivity contribution in [2.45, 2.75) is 18.7 Å². The maximum absolute atomic E-state index is 12.4. The van der Waals surface area contributed by atoms with Gasteiger partial charge in [0.2, 0.25) is 10.0 Å². The fourth-order valence-corrected chi connectivity index (χ4v) is 4.00. The number of aryl methyl sites for hydroxylation is 2. The van der Waals surface area contributed by atoms with E-state index in [1.807, 2.05) is 26.0 Å². The number of rotatable bonds is 6. The molecule has 0 aliphatic carbocycles. The van der Waals surface area contributed by atoms with E-state index in [-0.39, 0.29) is 4.90 Å². The molecule has 9 heteroatoms. The number of nitrogens with one attached hydrogen (secondary N) is 2. The lowest BCUT2D eigenvalue weighted by molar-refractivity contribution is -0.126. The van der Waals surface area contributed by atoms with Gasteiger partial charge in [0.1, 0.15) is 0 Å². The van der Waals surface area contributed by atoms with Crippen LogP contribution in [0.4, 0.5) is 0 Å². The second-order valence-corrected chi connectivity index (χ2v) is 9.26. The number of hydrogen-bond donors (Lipinski definition) is 2. The lowest BCUT2D eigenvalue weighted by atomic mass is 10.2. The molecule has 144 valence electrons. The molecule has 0 unspecified atom stereocenters.